The fourth-order valence-electron chi connectivity index (χ4n) is 2.33. The third kappa shape index (κ3) is 2.69. The quantitative estimate of drug-likeness (QED) is 0.718. The van der Waals surface area contributed by atoms with Crippen molar-refractivity contribution in [3.8, 4) is 0 Å². The normalized spacial score (nSPS) is 29.3. The molecule has 3 N–H and O–H groups in total. The van der Waals surface area contributed by atoms with Gasteiger partial charge in [0.25, 0.3) is 0 Å². The average molecular weight is 214 g/mol. The van der Waals surface area contributed by atoms with Gasteiger partial charge in [0.1, 0.15) is 5.54 Å². The molecule has 2 atom stereocenters. The number of carboxylic acid groups (broad SMARTS) is 1. The first-order valence-corrected chi connectivity index (χ1v) is 5.79. The molecule has 0 bridgehead atoms. The van der Waals surface area contributed by atoms with E-state index in [9.17, 15) is 4.79 Å². The van der Waals surface area contributed by atoms with E-state index in [1.54, 1.807) is 0 Å². The van der Waals surface area contributed by atoms with Crippen LogP contribution in [0.1, 0.15) is 39.5 Å². The Morgan fingerprint density at radius 1 is 1.60 bits per heavy atom. The van der Waals surface area contributed by atoms with Gasteiger partial charge in [-0.25, -0.2) is 0 Å². The zero-order valence-electron chi connectivity index (χ0n) is 9.70. The van der Waals surface area contributed by atoms with Crippen LogP contribution in [0.2, 0.25) is 0 Å². The van der Waals surface area contributed by atoms with Crippen LogP contribution < -0.4 is 5.73 Å². The van der Waals surface area contributed by atoms with Crippen LogP contribution in [0.5, 0.6) is 0 Å². The number of carboxylic acids is 1. The van der Waals surface area contributed by atoms with Crippen molar-refractivity contribution < 1.29 is 9.90 Å². The highest BCUT2D eigenvalue weighted by Gasteiger charge is 2.42. The summed E-state index contributed by atoms with van der Waals surface area (Å²) in [6, 6.07) is 0.500. The van der Waals surface area contributed by atoms with Gasteiger partial charge in [0.05, 0.1) is 0 Å². The zero-order chi connectivity index (χ0) is 11.5. The van der Waals surface area contributed by atoms with Gasteiger partial charge in [-0.15, -0.1) is 0 Å². The Labute approximate surface area is 91.4 Å². The molecule has 4 nitrogen and oxygen atoms in total. The van der Waals surface area contributed by atoms with Crippen molar-refractivity contribution in [1.29, 1.82) is 0 Å². The van der Waals surface area contributed by atoms with Crippen LogP contribution in [0.4, 0.5) is 0 Å². The number of nitrogens with zero attached hydrogens (tertiary/aromatic N) is 1. The van der Waals surface area contributed by atoms with Crippen LogP contribution >= 0.6 is 0 Å². The summed E-state index contributed by atoms with van der Waals surface area (Å²) >= 11 is 0. The van der Waals surface area contributed by atoms with E-state index < -0.39 is 11.5 Å². The van der Waals surface area contributed by atoms with E-state index >= 15 is 0 Å². The van der Waals surface area contributed by atoms with Crippen molar-refractivity contribution in [2.75, 3.05) is 13.1 Å². The van der Waals surface area contributed by atoms with Crippen molar-refractivity contribution in [2.24, 2.45) is 5.73 Å². The smallest absolute Gasteiger partial charge is 0.325 e. The zero-order valence-corrected chi connectivity index (χ0v) is 9.70. The van der Waals surface area contributed by atoms with Crippen molar-refractivity contribution >= 4 is 5.97 Å². The van der Waals surface area contributed by atoms with Gasteiger partial charge in [-0.3, -0.25) is 9.69 Å². The number of hydrogen-bond donors (Lipinski definition) is 2. The average Bonchev–Trinajstić information content (AvgIpc) is 2.59. The van der Waals surface area contributed by atoms with E-state index in [0.717, 1.165) is 25.8 Å². The molecule has 1 aliphatic rings. The summed E-state index contributed by atoms with van der Waals surface area (Å²) in [5.74, 6) is -0.864. The third-order valence-corrected chi connectivity index (χ3v) is 3.37. The molecular formula is C11H22N2O2. The summed E-state index contributed by atoms with van der Waals surface area (Å²) in [5, 5.41) is 9.02. The molecule has 0 aromatic heterocycles. The van der Waals surface area contributed by atoms with Gasteiger partial charge in [-0.05, 0) is 19.3 Å². The predicted octanol–water partition coefficient (Wildman–Crippen LogP) is 1.05. The van der Waals surface area contributed by atoms with Gasteiger partial charge >= 0.3 is 5.97 Å². The van der Waals surface area contributed by atoms with Gasteiger partial charge < -0.3 is 10.8 Å². The van der Waals surface area contributed by atoms with Gasteiger partial charge in [0.2, 0.25) is 0 Å². The molecule has 0 aliphatic carbocycles. The molecule has 0 saturated carbocycles. The highest BCUT2D eigenvalue weighted by molar-refractivity contribution is 5.79. The fraction of sp³-hybridized carbons (Fsp3) is 0.909. The monoisotopic (exact) mass is 214 g/mol. The van der Waals surface area contributed by atoms with E-state index in [4.69, 9.17) is 10.8 Å². The van der Waals surface area contributed by atoms with Gasteiger partial charge in [0.15, 0.2) is 0 Å². The van der Waals surface area contributed by atoms with E-state index in [1.807, 2.05) is 0 Å². The molecule has 88 valence electrons. The second-order valence-corrected chi connectivity index (χ2v) is 4.53. The summed E-state index contributed by atoms with van der Waals surface area (Å²) in [5.41, 5.74) is 4.83. The van der Waals surface area contributed by atoms with E-state index in [2.05, 4.69) is 18.7 Å². The number of hydrogen-bond acceptors (Lipinski definition) is 3. The largest absolute Gasteiger partial charge is 0.480 e. The second kappa shape index (κ2) is 4.94. The first-order chi connectivity index (χ1) is 7.03. The number of rotatable bonds is 5. The molecule has 0 amide bonds. The lowest BCUT2D eigenvalue weighted by Gasteiger charge is -2.27. The highest BCUT2D eigenvalue weighted by atomic mass is 16.4. The summed E-state index contributed by atoms with van der Waals surface area (Å²) in [6.45, 7) is 5.63. The van der Waals surface area contributed by atoms with Crippen LogP contribution in [0.3, 0.4) is 0 Å². The molecule has 15 heavy (non-hydrogen) atoms. The molecule has 1 fully saturated rings. The first-order valence-electron chi connectivity index (χ1n) is 5.79. The Morgan fingerprint density at radius 3 is 2.67 bits per heavy atom. The highest BCUT2D eigenvalue weighted by Crippen LogP contribution is 2.24. The number of likely N-dealkylation sites (tertiary alicyclic amines) is 1. The molecule has 0 radical (unpaired) electrons. The second-order valence-electron chi connectivity index (χ2n) is 4.53. The van der Waals surface area contributed by atoms with Crippen LogP contribution in [0.15, 0.2) is 0 Å². The molecule has 2 unspecified atom stereocenters. The Morgan fingerprint density at radius 2 is 2.27 bits per heavy atom. The predicted molar refractivity (Wildman–Crippen MR) is 59.7 cm³/mol. The van der Waals surface area contributed by atoms with Crippen LogP contribution in [-0.2, 0) is 4.79 Å². The number of nitrogens with two attached hydrogens (primary N) is 1. The molecule has 0 aromatic rings. The lowest BCUT2D eigenvalue weighted by atomic mass is 10.0. The summed E-state index contributed by atoms with van der Waals surface area (Å²) in [4.78, 5) is 13.2. The van der Waals surface area contributed by atoms with Gasteiger partial charge in [0, 0.05) is 19.1 Å². The van der Waals surface area contributed by atoms with Crippen molar-refractivity contribution in [2.45, 2.75) is 51.1 Å². The SMILES string of the molecule is CCCC(CC)N1CCC(N)(C(=O)O)C1. The van der Waals surface area contributed by atoms with Crippen LogP contribution in [0, 0.1) is 0 Å². The first kappa shape index (κ1) is 12.5. The molecule has 1 saturated heterocycles. The molecule has 1 aliphatic heterocycles. The molecule has 0 aromatic carbocycles. The van der Waals surface area contributed by atoms with Crippen LogP contribution in [-0.4, -0.2) is 40.6 Å². The minimum atomic E-state index is -1.01. The fourth-order valence-corrected chi connectivity index (χ4v) is 2.33. The maximum absolute atomic E-state index is 11.0. The lowest BCUT2D eigenvalue weighted by molar-refractivity contribution is -0.142. The maximum Gasteiger partial charge on any atom is 0.325 e. The molecule has 1 heterocycles. The van der Waals surface area contributed by atoms with E-state index in [-0.39, 0.29) is 0 Å². The number of aliphatic carboxylic acids is 1. The molecule has 4 heteroatoms. The van der Waals surface area contributed by atoms with Gasteiger partial charge in [-0.1, -0.05) is 20.3 Å². The minimum Gasteiger partial charge on any atom is -0.480 e. The Hall–Kier alpha value is -0.610. The van der Waals surface area contributed by atoms with E-state index in [0.29, 0.717) is 19.0 Å². The van der Waals surface area contributed by atoms with Crippen LogP contribution in [0.25, 0.3) is 0 Å². The van der Waals surface area contributed by atoms with Crippen molar-refractivity contribution in [3.63, 3.8) is 0 Å². The topological polar surface area (TPSA) is 66.6 Å². The standard InChI is InChI=1S/C11H22N2O2/c1-3-5-9(4-2)13-7-6-11(12,8-13)10(14)15/h9H,3-8,12H2,1-2H3,(H,14,15). The van der Waals surface area contributed by atoms with Gasteiger partial charge in [-0.2, -0.15) is 0 Å². The molecule has 1 rings (SSSR count). The molecule has 0 spiro atoms. The Balaban J connectivity index is 2.57. The Kier molecular flexibility index (Phi) is 4.11. The minimum absolute atomic E-state index is 0.500. The number of carbonyl (C=O) groups is 1. The summed E-state index contributed by atoms with van der Waals surface area (Å²) < 4.78 is 0. The Bertz CT molecular complexity index is 233. The maximum atomic E-state index is 11.0. The lowest BCUT2D eigenvalue weighted by Crippen LogP contribution is -2.51. The third-order valence-electron chi connectivity index (χ3n) is 3.37. The summed E-state index contributed by atoms with van der Waals surface area (Å²) in [7, 11) is 0. The van der Waals surface area contributed by atoms with Crippen molar-refractivity contribution in [1.82, 2.24) is 4.90 Å². The molecular weight excluding hydrogens is 192 g/mol. The summed E-state index contributed by atoms with van der Waals surface area (Å²) in [6.07, 6.45) is 3.91. The van der Waals surface area contributed by atoms with E-state index in [1.165, 1.54) is 0 Å². The van der Waals surface area contributed by atoms with Crippen molar-refractivity contribution in [3.05, 3.63) is 0 Å².